The zero-order chi connectivity index (χ0) is 9.26. The van der Waals surface area contributed by atoms with Gasteiger partial charge in [-0.1, -0.05) is 0 Å². The lowest BCUT2D eigenvalue weighted by Crippen LogP contribution is -1.87. The topological polar surface area (TPSA) is 51.8 Å². The molecule has 2 aromatic heterocycles. The number of rotatable bonds is 1. The summed E-state index contributed by atoms with van der Waals surface area (Å²) in [6, 6.07) is 1.91. The lowest BCUT2D eigenvalue weighted by atomic mass is 10.2. The summed E-state index contributed by atoms with van der Waals surface area (Å²) >= 11 is 1.60. The Kier molecular flexibility index (Phi) is 1.98. The summed E-state index contributed by atoms with van der Waals surface area (Å²) < 4.78 is 0. The molecule has 66 valence electrons. The minimum absolute atomic E-state index is 0.685. The van der Waals surface area contributed by atoms with Crippen molar-refractivity contribution in [2.24, 2.45) is 0 Å². The number of anilines is 1. The molecular formula is C9H9N3S. The maximum absolute atomic E-state index is 5.64. The highest BCUT2D eigenvalue weighted by Crippen LogP contribution is 2.27. The van der Waals surface area contributed by atoms with E-state index in [0.29, 0.717) is 5.69 Å². The summed E-state index contributed by atoms with van der Waals surface area (Å²) in [4.78, 5) is 9.35. The lowest BCUT2D eigenvalue weighted by Gasteiger charge is -1.98. The van der Waals surface area contributed by atoms with Crippen LogP contribution in [-0.4, -0.2) is 9.97 Å². The number of nitrogens with two attached hydrogens (primary N) is 1. The van der Waals surface area contributed by atoms with Gasteiger partial charge in [0.25, 0.3) is 0 Å². The van der Waals surface area contributed by atoms with Crippen LogP contribution in [0.5, 0.6) is 0 Å². The van der Waals surface area contributed by atoms with Crippen LogP contribution in [0.25, 0.3) is 10.4 Å². The third kappa shape index (κ3) is 1.53. The molecule has 0 aliphatic rings. The summed E-state index contributed by atoms with van der Waals surface area (Å²) in [5.74, 6) is 0. The van der Waals surface area contributed by atoms with E-state index in [1.54, 1.807) is 23.7 Å². The second-order valence-corrected chi connectivity index (χ2v) is 3.63. The molecule has 3 nitrogen and oxygen atoms in total. The van der Waals surface area contributed by atoms with Crippen molar-refractivity contribution in [3.05, 3.63) is 29.7 Å². The number of hydrogen-bond donors (Lipinski definition) is 1. The number of nitrogen functional groups attached to an aromatic ring is 1. The third-order valence-corrected chi connectivity index (χ3v) is 2.74. The first-order valence-electron chi connectivity index (χ1n) is 3.88. The molecule has 0 bridgehead atoms. The quantitative estimate of drug-likeness (QED) is 0.751. The Morgan fingerprint density at radius 3 is 2.85 bits per heavy atom. The van der Waals surface area contributed by atoms with Gasteiger partial charge in [0, 0.05) is 18.0 Å². The summed E-state index contributed by atoms with van der Waals surface area (Å²) in [6.45, 7) is 1.98. The van der Waals surface area contributed by atoms with Crippen LogP contribution in [0, 0.1) is 6.92 Å². The van der Waals surface area contributed by atoms with E-state index in [1.165, 1.54) is 0 Å². The lowest BCUT2D eigenvalue weighted by molar-refractivity contribution is 1.26. The van der Waals surface area contributed by atoms with Gasteiger partial charge in [-0.15, -0.1) is 11.3 Å². The van der Waals surface area contributed by atoms with Gasteiger partial charge in [-0.25, -0.2) is 4.98 Å². The molecule has 4 heteroatoms. The zero-order valence-electron chi connectivity index (χ0n) is 7.19. The van der Waals surface area contributed by atoms with Crippen molar-refractivity contribution >= 4 is 17.0 Å². The van der Waals surface area contributed by atoms with E-state index in [0.717, 1.165) is 16.1 Å². The van der Waals surface area contributed by atoms with Crippen molar-refractivity contribution in [3.63, 3.8) is 0 Å². The van der Waals surface area contributed by atoms with Gasteiger partial charge in [0.1, 0.15) is 0 Å². The summed E-state index contributed by atoms with van der Waals surface area (Å²) in [5, 5.41) is 0. The molecule has 2 aromatic rings. The second-order valence-electron chi connectivity index (χ2n) is 2.77. The van der Waals surface area contributed by atoms with Crippen molar-refractivity contribution in [2.45, 2.75) is 6.92 Å². The molecule has 0 aromatic carbocycles. The Morgan fingerprint density at radius 1 is 1.38 bits per heavy atom. The Morgan fingerprint density at radius 2 is 2.23 bits per heavy atom. The van der Waals surface area contributed by atoms with Gasteiger partial charge in [0.2, 0.25) is 0 Å². The highest BCUT2D eigenvalue weighted by atomic mass is 32.1. The molecule has 2 N–H and O–H groups in total. The first-order valence-corrected chi connectivity index (χ1v) is 4.76. The first kappa shape index (κ1) is 8.19. The maximum atomic E-state index is 5.64. The Bertz CT molecular complexity index is 422. The molecule has 0 unspecified atom stereocenters. The van der Waals surface area contributed by atoms with Crippen LogP contribution in [0.2, 0.25) is 0 Å². The molecule has 2 rings (SSSR count). The molecule has 0 saturated heterocycles. The van der Waals surface area contributed by atoms with E-state index in [4.69, 9.17) is 5.73 Å². The number of aryl methyl sites for hydroxylation is 1. The van der Waals surface area contributed by atoms with Crippen molar-refractivity contribution in [1.82, 2.24) is 9.97 Å². The molecule has 0 atom stereocenters. The predicted molar refractivity (Wildman–Crippen MR) is 54.5 cm³/mol. The molecule has 2 heterocycles. The molecule has 13 heavy (non-hydrogen) atoms. The number of hydrogen-bond acceptors (Lipinski definition) is 4. The van der Waals surface area contributed by atoms with E-state index >= 15 is 0 Å². The molecule has 0 aliphatic heterocycles. The Labute approximate surface area is 80.3 Å². The van der Waals surface area contributed by atoms with Crippen LogP contribution in [-0.2, 0) is 0 Å². The van der Waals surface area contributed by atoms with Gasteiger partial charge in [-0.2, -0.15) is 0 Å². The van der Waals surface area contributed by atoms with Crippen molar-refractivity contribution in [3.8, 4) is 10.4 Å². The SMILES string of the molecule is Cc1ncsc1-c1cncc(N)c1. The monoisotopic (exact) mass is 191 g/mol. The standard InChI is InChI=1S/C9H9N3S/c1-6-9(13-5-12-6)7-2-8(10)4-11-3-7/h2-5H,10H2,1H3. The number of nitrogens with zero attached hydrogens (tertiary/aromatic N) is 2. The van der Waals surface area contributed by atoms with Gasteiger partial charge in [0.05, 0.1) is 21.8 Å². The molecule has 0 aliphatic carbocycles. The normalized spacial score (nSPS) is 10.2. The predicted octanol–water partition coefficient (Wildman–Crippen LogP) is 2.10. The zero-order valence-corrected chi connectivity index (χ0v) is 8.01. The van der Waals surface area contributed by atoms with Crippen molar-refractivity contribution < 1.29 is 0 Å². The van der Waals surface area contributed by atoms with Crippen LogP contribution in [0.1, 0.15) is 5.69 Å². The smallest absolute Gasteiger partial charge is 0.0801 e. The largest absolute Gasteiger partial charge is 0.397 e. The average Bonchev–Trinajstić information content (AvgIpc) is 2.51. The first-order chi connectivity index (χ1) is 6.27. The van der Waals surface area contributed by atoms with E-state index in [1.807, 2.05) is 18.5 Å². The molecule has 0 amide bonds. The Hall–Kier alpha value is -1.42. The van der Waals surface area contributed by atoms with Gasteiger partial charge >= 0.3 is 0 Å². The fourth-order valence-electron chi connectivity index (χ4n) is 1.16. The van der Waals surface area contributed by atoms with E-state index in [2.05, 4.69) is 9.97 Å². The van der Waals surface area contributed by atoms with Crippen LogP contribution in [0.4, 0.5) is 5.69 Å². The number of aromatic nitrogens is 2. The molecule has 0 fully saturated rings. The van der Waals surface area contributed by atoms with Gasteiger partial charge < -0.3 is 5.73 Å². The van der Waals surface area contributed by atoms with Gasteiger partial charge in [-0.3, -0.25) is 4.98 Å². The fourth-order valence-corrected chi connectivity index (χ4v) is 1.95. The van der Waals surface area contributed by atoms with Crippen LogP contribution in [0.3, 0.4) is 0 Å². The molecular weight excluding hydrogens is 182 g/mol. The Balaban J connectivity index is 2.53. The minimum Gasteiger partial charge on any atom is -0.397 e. The number of pyridine rings is 1. The third-order valence-electron chi connectivity index (χ3n) is 1.77. The number of thiazole rings is 1. The van der Waals surface area contributed by atoms with E-state index < -0.39 is 0 Å². The summed E-state index contributed by atoms with van der Waals surface area (Å²) in [7, 11) is 0. The van der Waals surface area contributed by atoms with Crippen molar-refractivity contribution in [2.75, 3.05) is 5.73 Å². The van der Waals surface area contributed by atoms with Crippen molar-refractivity contribution in [1.29, 1.82) is 0 Å². The van der Waals surface area contributed by atoms with Crippen LogP contribution < -0.4 is 5.73 Å². The summed E-state index contributed by atoms with van der Waals surface area (Å²) in [5.41, 5.74) is 10.2. The van der Waals surface area contributed by atoms with Gasteiger partial charge in [0.15, 0.2) is 0 Å². The molecule has 0 saturated carbocycles. The minimum atomic E-state index is 0.685. The maximum Gasteiger partial charge on any atom is 0.0801 e. The molecule has 0 radical (unpaired) electrons. The second kappa shape index (κ2) is 3.14. The van der Waals surface area contributed by atoms with E-state index in [-0.39, 0.29) is 0 Å². The average molecular weight is 191 g/mol. The summed E-state index contributed by atoms with van der Waals surface area (Å²) in [6.07, 6.45) is 3.44. The van der Waals surface area contributed by atoms with Crippen LogP contribution >= 0.6 is 11.3 Å². The fraction of sp³-hybridized carbons (Fsp3) is 0.111. The van der Waals surface area contributed by atoms with Crippen LogP contribution in [0.15, 0.2) is 24.0 Å². The molecule has 0 spiro atoms. The van der Waals surface area contributed by atoms with Gasteiger partial charge in [-0.05, 0) is 13.0 Å². The highest BCUT2D eigenvalue weighted by Gasteiger charge is 2.04. The highest BCUT2D eigenvalue weighted by molar-refractivity contribution is 7.13. The van der Waals surface area contributed by atoms with E-state index in [9.17, 15) is 0 Å².